The average Bonchev–Trinajstić information content (AvgIpc) is 0.744. The topological polar surface area (TPSA) is 407 Å². The number of fused-ring (bicyclic) bond motifs is 2. The van der Waals surface area contributed by atoms with Gasteiger partial charge in [-0.1, -0.05) is 137 Å². The SMILES string of the molecule is CCN(CC)c1ccc2c(-c3ccccc3C(=O)NCCCC[C@@H](CC(=O)CCCCCCCNC(=O)C(CC(=O)C(Cc3ccccc3)NC(=O)CCCCCCCCC(=O)CCC(CC(=O)CCCCCS(=O)(=O)O)C(=O)O)Cc3ccccc3)C(=O)NC(C)C(=O)CCCN)c3ccc(=[N+](CC)CC)cc-3oc2c1.O=C=O.O=C=O.[Cl-]. The summed E-state index contributed by atoms with van der Waals surface area (Å²) in [6.45, 7) is 14.6. The number of carbonyl (C=O) groups is 10. The first-order chi connectivity index (χ1) is 56.8. The first-order valence-electron chi connectivity index (χ1n) is 41.9. The summed E-state index contributed by atoms with van der Waals surface area (Å²) in [7, 11) is -4.08. The van der Waals surface area contributed by atoms with Gasteiger partial charge >= 0.3 is 18.3 Å². The predicted octanol–water partition coefficient (Wildman–Crippen LogP) is 9.57. The summed E-state index contributed by atoms with van der Waals surface area (Å²) in [5, 5.41) is 23.7. The summed E-state index contributed by atoms with van der Waals surface area (Å²) in [5.41, 5.74) is 12.3. The molecule has 0 fully saturated rings. The molecule has 0 spiro atoms. The molecule has 1 aliphatic carbocycles. The number of nitrogens with one attached hydrogen (secondary N) is 4. The molecule has 4 aromatic rings. The van der Waals surface area contributed by atoms with E-state index in [-0.39, 0.29) is 148 Å². The lowest BCUT2D eigenvalue weighted by Gasteiger charge is -2.22. The zero-order chi connectivity index (χ0) is 86.6. The van der Waals surface area contributed by atoms with Crippen molar-refractivity contribution >= 4 is 97.6 Å². The Morgan fingerprint density at radius 2 is 1.06 bits per heavy atom. The third kappa shape index (κ3) is 39.6. The molecular weight excluding hydrogens is 1560 g/mol. The number of nitrogens with two attached hydrogens (primary N) is 1. The zero-order valence-electron chi connectivity index (χ0n) is 69.9. The Kier molecular flexibility index (Phi) is 51.0. The number of Topliss-reactive ketones (excluding diaryl/α,β-unsaturated/α-hetero) is 5. The van der Waals surface area contributed by atoms with Crippen molar-refractivity contribution in [3.63, 3.8) is 0 Å². The van der Waals surface area contributed by atoms with Gasteiger partial charge in [0.1, 0.15) is 41.8 Å². The lowest BCUT2D eigenvalue weighted by molar-refractivity contribution is -0.193. The Morgan fingerprint density at radius 1 is 0.521 bits per heavy atom. The Morgan fingerprint density at radius 3 is 1.65 bits per heavy atom. The number of anilines is 1. The Balaban J connectivity index is 0.00000507. The van der Waals surface area contributed by atoms with E-state index in [2.05, 4.69) is 94.8 Å². The molecule has 0 radical (unpaired) electrons. The summed E-state index contributed by atoms with van der Waals surface area (Å²) >= 11 is 0. The molecule has 8 N–H and O–H groups in total. The van der Waals surface area contributed by atoms with E-state index in [1.807, 2.05) is 84.9 Å². The molecule has 26 nitrogen and oxygen atoms in total. The molecule has 0 saturated heterocycles. The van der Waals surface area contributed by atoms with Gasteiger partial charge < -0.3 is 53.8 Å². The highest BCUT2D eigenvalue weighted by atomic mass is 35.5. The standard InChI is InChI=1S/C89H123N7O15S.2CO2.ClH/c1-6-95(7-2)70-48-51-77-82(62-70)111-83-63-71(96(8-3)9-4)49-52-78(83)85(77)75-43-28-29-44-76(75)88(105)92-55-32-30-39-67(87(104)93-64(5)80(100)45-34-53-90)59-73(98)41-25-14-12-16-31-54-91-86(103)69(57-65-35-20-17-21-36-65)61-81(101)79(58-66-37-22-18-23-38-66)94-84(102)46-27-15-11-10-13-24-40-72(97)50-47-68(89(106)107)60-74(99)42-26-19-33-56-112(108,109)110;2*2-1-3;/h17-18,20-23,28-29,35-38,43-44,48-49,51-52,62-64,67-69,79H,6-16,19,24-27,30-34,39-42,45-47,50,53-61,90H2,1-5H3,(H5-,91,92,93,94,102,103,104,105,106,107,108,109,110);;;1H/t64?,67-,68?,69?,79?;;;/m0.../s1. The minimum atomic E-state index is -4.08. The van der Waals surface area contributed by atoms with Crippen molar-refractivity contribution in [1.82, 2.24) is 25.8 Å². The van der Waals surface area contributed by atoms with E-state index in [1.54, 1.807) is 6.92 Å². The smallest absolute Gasteiger partial charge is 0.373 e. The van der Waals surface area contributed by atoms with Gasteiger partial charge in [-0.25, -0.2) is 4.58 Å². The molecule has 0 aromatic heterocycles. The molecule has 4 unspecified atom stereocenters. The van der Waals surface area contributed by atoms with Crippen LogP contribution in [0.4, 0.5) is 5.69 Å². The second kappa shape index (κ2) is 58.8. The van der Waals surface area contributed by atoms with Gasteiger partial charge in [-0.05, 0) is 159 Å². The molecule has 650 valence electrons. The van der Waals surface area contributed by atoms with Gasteiger partial charge in [0.25, 0.3) is 16.0 Å². The number of halogens is 1. The maximum Gasteiger partial charge on any atom is 0.373 e. The van der Waals surface area contributed by atoms with E-state index in [9.17, 15) is 61.5 Å². The number of amides is 4. The summed E-state index contributed by atoms with van der Waals surface area (Å²) in [6.07, 6.45) is 12.9. The highest BCUT2D eigenvalue weighted by molar-refractivity contribution is 7.85. The van der Waals surface area contributed by atoms with E-state index in [4.69, 9.17) is 33.9 Å². The molecule has 1 aliphatic heterocycles. The molecule has 5 atom stereocenters. The number of rotatable bonds is 58. The molecule has 0 saturated carbocycles. The fourth-order valence-corrected chi connectivity index (χ4v) is 15.1. The highest BCUT2D eigenvalue weighted by Gasteiger charge is 2.31. The number of benzene rings is 5. The number of carbonyl (C=O) groups excluding carboxylic acids is 13. The van der Waals surface area contributed by atoms with Crippen molar-refractivity contribution < 1.29 is 102 Å². The van der Waals surface area contributed by atoms with Crippen LogP contribution < -0.4 is 54.2 Å². The van der Waals surface area contributed by atoms with Crippen LogP contribution in [0.2, 0.25) is 0 Å². The number of hydrogen-bond donors (Lipinski definition) is 7. The molecule has 0 bridgehead atoms. The number of ketones is 5. The minimum Gasteiger partial charge on any atom is -1.00 e. The number of unbranched alkanes of at least 4 members (excludes halogenated alkanes) is 12. The molecule has 4 amide bonds. The van der Waals surface area contributed by atoms with Crippen LogP contribution in [0, 0.1) is 17.8 Å². The lowest BCUT2D eigenvalue weighted by Crippen LogP contribution is -3.00. The first-order valence-corrected chi connectivity index (χ1v) is 43.5. The van der Waals surface area contributed by atoms with Crippen LogP contribution in [0.5, 0.6) is 0 Å². The van der Waals surface area contributed by atoms with Gasteiger partial charge in [0.05, 0.1) is 29.8 Å². The van der Waals surface area contributed by atoms with Crippen molar-refractivity contribution in [3.05, 3.63) is 143 Å². The van der Waals surface area contributed by atoms with Crippen molar-refractivity contribution in [3.8, 4) is 22.5 Å². The molecule has 1 heterocycles. The fourth-order valence-electron chi connectivity index (χ4n) is 14.5. The average molecular weight is 1690 g/mol. The molecule has 119 heavy (non-hydrogen) atoms. The number of carboxylic acid groups (broad SMARTS) is 1. The number of hydrogen-bond acceptors (Lipinski definition) is 19. The minimum absolute atomic E-state index is 0. The van der Waals surface area contributed by atoms with Gasteiger partial charge in [-0.2, -0.15) is 27.6 Å². The van der Waals surface area contributed by atoms with E-state index < -0.39 is 51.7 Å². The summed E-state index contributed by atoms with van der Waals surface area (Å²) in [6, 6.07) is 37.5. The monoisotopic (exact) mass is 1690 g/mol. The van der Waals surface area contributed by atoms with Crippen molar-refractivity contribution in [1.29, 1.82) is 0 Å². The van der Waals surface area contributed by atoms with E-state index in [0.717, 1.165) is 115 Å². The van der Waals surface area contributed by atoms with Crippen LogP contribution >= 0.6 is 0 Å². The molecule has 4 aromatic carbocycles. The van der Waals surface area contributed by atoms with Gasteiger partial charge in [-0.15, -0.1) is 0 Å². The van der Waals surface area contributed by atoms with Crippen LogP contribution in [0.3, 0.4) is 0 Å². The Hall–Kier alpha value is -10.0. The van der Waals surface area contributed by atoms with Gasteiger partial charge in [0.15, 0.2) is 11.6 Å². The second-order valence-electron chi connectivity index (χ2n) is 29.9. The quantitative estimate of drug-likeness (QED) is 0.00808. The summed E-state index contributed by atoms with van der Waals surface area (Å²) < 4.78 is 39.7. The normalized spacial score (nSPS) is 12.2. The maximum absolute atomic E-state index is 14.4. The number of carboxylic acids is 1. The predicted molar refractivity (Wildman–Crippen MR) is 451 cm³/mol. The lowest BCUT2D eigenvalue weighted by atomic mass is 9.89. The number of nitrogens with zero attached hydrogens (tertiary/aromatic N) is 2. The van der Waals surface area contributed by atoms with Gasteiger partial charge in [-0.3, -0.25) is 52.5 Å². The molecule has 2 aliphatic rings. The van der Waals surface area contributed by atoms with E-state index in [1.165, 1.54) is 0 Å². The number of aliphatic carboxylic acids is 1. The van der Waals surface area contributed by atoms with Crippen molar-refractivity contribution in [2.45, 2.75) is 239 Å². The highest BCUT2D eigenvalue weighted by Crippen LogP contribution is 2.42. The maximum atomic E-state index is 14.4. The molecule has 6 rings (SSSR count). The molecular formula is C91H124ClN7O19S. The van der Waals surface area contributed by atoms with Crippen molar-refractivity contribution in [2.75, 3.05) is 56.5 Å². The third-order valence-electron chi connectivity index (χ3n) is 21.1. The largest absolute Gasteiger partial charge is 1.00 e. The van der Waals surface area contributed by atoms with Crippen LogP contribution in [0.25, 0.3) is 33.4 Å². The summed E-state index contributed by atoms with van der Waals surface area (Å²) in [4.78, 5) is 169. The zero-order valence-corrected chi connectivity index (χ0v) is 71.5. The van der Waals surface area contributed by atoms with Crippen LogP contribution in [0.15, 0.2) is 126 Å². The Labute approximate surface area is 706 Å². The van der Waals surface area contributed by atoms with E-state index in [0.29, 0.717) is 114 Å². The summed E-state index contributed by atoms with van der Waals surface area (Å²) in [5.74, 6) is -5.08. The Bertz CT molecular complexity index is 4370. The first kappa shape index (κ1) is 103. The third-order valence-corrected chi connectivity index (χ3v) is 21.9. The van der Waals surface area contributed by atoms with Crippen LogP contribution in [-0.4, -0.2) is 153 Å². The second-order valence-corrected chi connectivity index (χ2v) is 31.5. The van der Waals surface area contributed by atoms with Crippen molar-refractivity contribution in [2.24, 2.45) is 23.5 Å². The van der Waals surface area contributed by atoms with Crippen LogP contribution in [-0.2, 0) is 85.3 Å². The van der Waals surface area contributed by atoms with Gasteiger partial charge in [0.2, 0.25) is 23.1 Å². The fraction of sp³-hybridized carbons (Fsp3) is 0.527. The van der Waals surface area contributed by atoms with E-state index >= 15 is 0 Å². The van der Waals surface area contributed by atoms with Gasteiger partial charge in [0, 0.05) is 136 Å². The molecule has 28 heteroatoms. The van der Waals surface area contributed by atoms with Crippen LogP contribution in [0.1, 0.15) is 236 Å².